The molecule has 2 aliphatic rings. The van der Waals surface area contributed by atoms with Crippen molar-refractivity contribution in [2.24, 2.45) is 0 Å². The summed E-state index contributed by atoms with van der Waals surface area (Å²) in [7, 11) is -0.351. The molecule has 0 unspecified atom stereocenters. The molecule has 0 aliphatic carbocycles. The molecular weight excluding hydrogens is 307 g/mol. The first kappa shape index (κ1) is 17.7. The summed E-state index contributed by atoms with van der Waals surface area (Å²) in [5, 5.41) is 0. The molecule has 0 radical (unpaired) electrons. The maximum atomic E-state index is 6.05. The molecule has 2 heterocycles. The van der Waals surface area contributed by atoms with Gasteiger partial charge in [0, 0.05) is 0 Å². The van der Waals surface area contributed by atoms with Gasteiger partial charge in [0.25, 0.3) is 0 Å². The van der Waals surface area contributed by atoms with E-state index >= 15 is 0 Å². The zero-order valence-corrected chi connectivity index (χ0v) is 15.4. The molecule has 1 aromatic carbocycles. The lowest BCUT2D eigenvalue weighted by Crippen LogP contribution is -2.41. The molecule has 24 heavy (non-hydrogen) atoms. The van der Waals surface area contributed by atoms with E-state index in [1.54, 1.807) is 0 Å². The summed E-state index contributed by atoms with van der Waals surface area (Å²) in [6.45, 7) is 13.0. The molecule has 3 rings (SSSR count). The molecule has 5 nitrogen and oxygen atoms in total. The van der Waals surface area contributed by atoms with Crippen LogP contribution < -0.4 is 10.2 Å². The van der Waals surface area contributed by atoms with Crippen LogP contribution in [0.15, 0.2) is 24.3 Å². The number of hydrogen-bond acceptors (Lipinski definition) is 5. The molecule has 0 amide bonds. The zero-order chi connectivity index (χ0) is 17.6. The number of hydrogen-bond donors (Lipinski definition) is 0. The lowest BCUT2D eigenvalue weighted by atomic mass is 9.79. The first-order chi connectivity index (χ1) is 11.1. The third-order valence-corrected chi connectivity index (χ3v) is 4.91. The monoisotopic (exact) mass is 334 g/mol. The second-order valence-corrected chi connectivity index (χ2v) is 7.92. The van der Waals surface area contributed by atoms with Crippen molar-refractivity contribution < 1.29 is 23.5 Å². The Balaban J connectivity index is 1.57. The molecule has 0 spiro atoms. The molecule has 0 aromatic heterocycles. The standard InChI is InChI=1S/C18H27BO5/c1-16(2)17(3,4)24-19(23-16)13-7-9-14(10-8-13)20-11-15-12-21-18(5,6)22-15/h7-10,15H,11-12H2,1-6H3/t15-/m0/s1. The van der Waals surface area contributed by atoms with E-state index in [0.717, 1.165) is 11.2 Å². The highest BCUT2D eigenvalue weighted by molar-refractivity contribution is 6.62. The second-order valence-electron chi connectivity index (χ2n) is 7.92. The van der Waals surface area contributed by atoms with Crippen LogP contribution >= 0.6 is 0 Å². The van der Waals surface area contributed by atoms with E-state index in [2.05, 4.69) is 27.7 Å². The van der Waals surface area contributed by atoms with E-state index in [4.69, 9.17) is 23.5 Å². The number of ether oxygens (including phenoxy) is 3. The topological polar surface area (TPSA) is 46.2 Å². The van der Waals surface area contributed by atoms with Gasteiger partial charge in [-0.2, -0.15) is 0 Å². The highest BCUT2D eigenvalue weighted by Crippen LogP contribution is 2.36. The molecule has 0 bridgehead atoms. The first-order valence-corrected chi connectivity index (χ1v) is 8.48. The van der Waals surface area contributed by atoms with Crippen molar-refractivity contribution in [3.05, 3.63) is 24.3 Å². The van der Waals surface area contributed by atoms with Gasteiger partial charge < -0.3 is 23.5 Å². The van der Waals surface area contributed by atoms with Crippen molar-refractivity contribution in [2.75, 3.05) is 13.2 Å². The second kappa shape index (κ2) is 6.02. The average molecular weight is 334 g/mol. The van der Waals surface area contributed by atoms with Crippen LogP contribution in [-0.2, 0) is 18.8 Å². The van der Waals surface area contributed by atoms with Gasteiger partial charge in [0.05, 0.1) is 17.8 Å². The summed E-state index contributed by atoms with van der Waals surface area (Å²) < 4.78 is 29.2. The van der Waals surface area contributed by atoms with Crippen LogP contribution in [0, 0.1) is 0 Å². The van der Waals surface area contributed by atoms with Crippen molar-refractivity contribution >= 4 is 12.6 Å². The van der Waals surface area contributed by atoms with Crippen LogP contribution in [0.3, 0.4) is 0 Å². The highest BCUT2D eigenvalue weighted by atomic mass is 16.7. The van der Waals surface area contributed by atoms with Crippen LogP contribution in [0.25, 0.3) is 0 Å². The van der Waals surface area contributed by atoms with E-state index in [1.807, 2.05) is 38.1 Å². The summed E-state index contributed by atoms with van der Waals surface area (Å²) in [6.07, 6.45) is -0.0391. The lowest BCUT2D eigenvalue weighted by molar-refractivity contribution is -0.141. The third kappa shape index (κ3) is 3.62. The predicted octanol–water partition coefficient (Wildman–Crippen LogP) is 2.52. The maximum absolute atomic E-state index is 6.05. The van der Waals surface area contributed by atoms with E-state index in [-0.39, 0.29) is 24.4 Å². The van der Waals surface area contributed by atoms with Crippen molar-refractivity contribution in [1.82, 2.24) is 0 Å². The Morgan fingerprint density at radius 1 is 1.00 bits per heavy atom. The molecule has 0 saturated carbocycles. The molecule has 2 aliphatic heterocycles. The fraction of sp³-hybridized carbons (Fsp3) is 0.667. The SMILES string of the molecule is CC1(C)OC[C@H](COc2ccc(B3OC(C)(C)C(C)(C)O3)cc2)O1. The van der Waals surface area contributed by atoms with Crippen molar-refractivity contribution in [2.45, 2.75) is 64.6 Å². The number of rotatable bonds is 4. The highest BCUT2D eigenvalue weighted by Gasteiger charge is 2.51. The largest absolute Gasteiger partial charge is 0.494 e. The zero-order valence-electron chi connectivity index (χ0n) is 15.4. The van der Waals surface area contributed by atoms with E-state index in [0.29, 0.717) is 13.2 Å². The summed E-state index contributed by atoms with van der Waals surface area (Å²) >= 11 is 0. The van der Waals surface area contributed by atoms with E-state index < -0.39 is 5.79 Å². The fourth-order valence-electron chi connectivity index (χ4n) is 2.73. The van der Waals surface area contributed by atoms with Crippen LogP contribution in [0.5, 0.6) is 5.75 Å². The predicted molar refractivity (Wildman–Crippen MR) is 92.6 cm³/mol. The quantitative estimate of drug-likeness (QED) is 0.792. The average Bonchev–Trinajstić information content (AvgIpc) is 2.93. The Kier molecular flexibility index (Phi) is 4.45. The minimum Gasteiger partial charge on any atom is -0.491 e. The molecular formula is C18H27BO5. The van der Waals surface area contributed by atoms with Gasteiger partial charge in [-0.15, -0.1) is 0 Å². The Morgan fingerprint density at radius 2 is 1.58 bits per heavy atom. The van der Waals surface area contributed by atoms with Gasteiger partial charge in [-0.3, -0.25) is 0 Å². The van der Waals surface area contributed by atoms with Crippen LogP contribution in [-0.4, -0.2) is 43.4 Å². The lowest BCUT2D eigenvalue weighted by Gasteiger charge is -2.32. The van der Waals surface area contributed by atoms with E-state index in [9.17, 15) is 0 Å². The molecule has 132 valence electrons. The Bertz CT molecular complexity index is 566. The summed E-state index contributed by atoms with van der Waals surface area (Å²) in [5.41, 5.74) is 0.321. The molecule has 1 atom stereocenters. The minimum absolute atomic E-state index is 0.0391. The Labute approximate surface area is 144 Å². The summed E-state index contributed by atoms with van der Waals surface area (Å²) in [6, 6.07) is 7.82. The van der Waals surface area contributed by atoms with Gasteiger partial charge >= 0.3 is 7.12 Å². The summed E-state index contributed by atoms with van der Waals surface area (Å²) in [4.78, 5) is 0. The normalized spacial score (nSPS) is 27.4. The third-order valence-electron chi connectivity index (χ3n) is 4.91. The molecule has 2 fully saturated rings. The van der Waals surface area contributed by atoms with Gasteiger partial charge in [0.2, 0.25) is 0 Å². The molecule has 2 saturated heterocycles. The number of benzene rings is 1. The van der Waals surface area contributed by atoms with E-state index in [1.165, 1.54) is 0 Å². The first-order valence-electron chi connectivity index (χ1n) is 8.48. The van der Waals surface area contributed by atoms with Crippen LogP contribution in [0.1, 0.15) is 41.5 Å². The smallest absolute Gasteiger partial charge is 0.491 e. The van der Waals surface area contributed by atoms with Crippen molar-refractivity contribution in [3.8, 4) is 5.75 Å². The minimum atomic E-state index is -0.519. The van der Waals surface area contributed by atoms with Gasteiger partial charge in [0.15, 0.2) is 5.79 Å². The Hall–Kier alpha value is -1.08. The van der Waals surface area contributed by atoms with Gasteiger partial charge in [0.1, 0.15) is 18.5 Å². The Morgan fingerprint density at radius 3 is 2.08 bits per heavy atom. The van der Waals surface area contributed by atoms with Gasteiger partial charge in [-0.25, -0.2) is 0 Å². The molecule has 6 heteroatoms. The van der Waals surface area contributed by atoms with Gasteiger partial charge in [-0.1, -0.05) is 12.1 Å². The van der Waals surface area contributed by atoms with Crippen LogP contribution in [0.2, 0.25) is 0 Å². The van der Waals surface area contributed by atoms with Crippen molar-refractivity contribution in [3.63, 3.8) is 0 Å². The molecule has 0 N–H and O–H groups in total. The maximum Gasteiger partial charge on any atom is 0.494 e. The summed E-state index contributed by atoms with van der Waals surface area (Å²) in [5.74, 6) is 0.276. The van der Waals surface area contributed by atoms with Gasteiger partial charge in [-0.05, 0) is 59.1 Å². The fourth-order valence-corrected chi connectivity index (χ4v) is 2.73. The van der Waals surface area contributed by atoms with Crippen molar-refractivity contribution in [1.29, 1.82) is 0 Å². The van der Waals surface area contributed by atoms with Crippen LogP contribution in [0.4, 0.5) is 0 Å². The molecule has 1 aromatic rings.